The van der Waals surface area contributed by atoms with Gasteiger partial charge in [0.1, 0.15) is 17.2 Å². The van der Waals surface area contributed by atoms with Crippen LogP contribution < -0.4 is 24.8 Å². The first kappa shape index (κ1) is 21.1. The number of benzene rings is 2. The maximum absolute atomic E-state index is 12.3. The van der Waals surface area contributed by atoms with Gasteiger partial charge in [-0.2, -0.15) is 0 Å². The molecule has 2 rings (SSSR count). The number of aryl methyl sites for hydroxylation is 1. The zero-order valence-electron chi connectivity index (χ0n) is 16.4. The second-order valence-electron chi connectivity index (χ2n) is 6.04. The number of rotatable bonds is 10. The van der Waals surface area contributed by atoms with Crippen molar-refractivity contribution in [2.24, 2.45) is 0 Å². The molecule has 0 saturated carbocycles. The van der Waals surface area contributed by atoms with Crippen LogP contribution in [-0.4, -0.2) is 39.2 Å². The van der Waals surface area contributed by atoms with Crippen molar-refractivity contribution in [3.05, 3.63) is 48.0 Å². The van der Waals surface area contributed by atoms with Crippen LogP contribution in [0.3, 0.4) is 0 Å². The summed E-state index contributed by atoms with van der Waals surface area (Å²) in [6.45, 7) is 2.33. The van der Waals surface area contributed by atoms with Gasteiger partial charge < -0.3 is 24.8 Å². The summed E-state index contributed by atoms with van der Waals surface area (Å²) in [5.74, 6) is 1.58. The van der Waals surface area contributed by atoms with E-state index >= 15 is 0 Å². The number of methoxy groups -OCH3 is 2. The van der Waals surface area contributed by atoms with E-state index in [0.29, 0.717) is 42.3 Å². The molecule has 0 aromatic heterocycles. The van der Waals surface area contributed by atoms with Gasteiger partial charge in [0, 0.05) is 30.8 Å². The first-order chi connectivity index (χ1) is 13.5. The lowest BCUT2D eigenvalue weighted by molar-refractivity contribution is -0.123. The Morgan fingerprint density at radius 2 is 1.64 bits per heavy atom. The number of hydrogen-bond acceptors (Lipinski definition) is 5. The van der Waals surface area contributed by atoms with Gasteiger partial charge in [-0.15, -0.1) is 0 Å². The number of amides is 2. The summed E-state index contributed by atoms with van der Waals surface area (Å²) in [6.07, 6.45) is 0.854. The molecular weight excluding hydrogens is 360 g/mol. The lowest BCUT2D eigenvalue weighted by Crippen LogP contribution is -2.28. The largest absolute Gasteiger partial charge is 0.497 e. The monoisotopic (exact) mass is 386 g/mol. The molecule has 150 valence electrons. The second kappa shape index (κ2) is 10.8. The number of carbonyl (C=O) groups excluding carboxylic acids is 2. The summed E-state index contributed by atoms with van der Waals surface area (Å²) in [4.78, 5) is 23.7. The first-order valence-electron chi connectivity index (χ1n) is 9.05. The molecule has 2 amide bonds. The molecular formula is C21H26N2O5. The van der Waals surface area contributed by atoms with Crippen LogP contribution in [0.5, 0.6) is 17.2 Å². The van der Waals surface area contributed by atoms with Crippen LogP contribution in [0.2, 0.25) is 0 Å². The number of hydrogen-bond donors (Lipinski definition) is 2. The van der Waals surface area contributed by atoms with Crippen LogP contribution in [0.15, 0.2) is 42.5 Å². The Morgan fingerprint density at radius 3 is 2.29 bits per heavy atom. The fourth-order valence-electron chi connectivity index (χ4n) is 2.55. The standard InChI is InChI=1S/C21H26N2O5/c1-4-22-21(25)14-28-17-7-5-6-16(12-17)23-20(24)9-8-15-10-18(26-2)13-19(11-15)27-3/h5-7,10-13H,4,8-9,14H2,1-3H3,(H,22,25)(H,23,24). The number of likely N-dealkylation sites (N-methyl/N-ethyl adjacent to an activating group) is 1. The summed E-state index contributed by atoms with van der Waals surface area (Å²) in [6, 6.07) is 12.5. The topological polar surface area (TPSA) is 85.9 Å². The fourth-order valence-corrected chi connectivity index (χ4v) is 2.55. The van der Waals surface area contributed by atoms with Crippen LogP contribution in [0.4, 0.5) is 5.69 Å². The predicted octanol–water partition coefficient (Wildman–Crippen LogP) is 2.79. The molecule has 2 N–H and O–H groups in total. The summed E-state index contributed by atoms with van der Waals surface area (Å²) in [5, 5.41) is 5.50. The minimum atomic E-state index is -0.189. The van der Waals surface area contributed by atoms with Gasteiger partial charge >= 0.3 is 0 Å². The van der Waals surface area contributed by atoms with Gasteiger partial charge in [0.05, 0.1) is 14.2 Å². The third kappa shape index (κ3) is 6.83. The number of anilines is 1. The summed E-state index contributed by atoms with van der Waals surface area (Å²) in [5.41, 5.74) is 1.56. The van der Waals surface area contributed by atoms with Crippen molar-refractivity contribution >= 4 is 17.5 Å². The lowest BCUT2D eigenvalue weighted by Gasteiger charge is -2.10. The molecule has 0 bridgehead atoms. The Labute approximate surface area is 165 Å². The highest BCUT2D eigenvalue weighted by Gasteiger charge is 2.08. The molecule has 0 atom stereocenters. The maximum Gasteiger partial charge on any atom is 0.257 e. The molecule has 0 aliphatic rings. The smallest absolute Gasteiger partial charge is 0.257 e. The molecule has 0 radical (unpaired) electrons. The minimum Gasteiger partial charge on any atom is -0.497 e. The molecule has 0 aliphatic heterocycles. The normalized spacial score (nSPS) is 10.1. The summed E-state index contributed by atoms with van der Waals surface area (Å²) in [7, 11) is 3.18. The molecule has 28 heavy (non-hydrogen) atoms. The van der Waals surface area contributed by atoms with E-state index < -0.39 is 0 Å². The van der Waals surface area contributed by atoms with Crippen molar-refractivity contribution in [3.8, 4) is 17.2 Å². The van der Waals surface area contributed by atoms with Gasteiger partial charge in [-0.1, -0.05) is 6.07 Å². The average molecular weight is 386 g/mol. The predicted molar refractivity (Wildman–Crippen MR) is 107 cm³/mol. The summed E-state index contributed by atoms with van der Waals surface area (Å²) >= 11 is 0. The Kier molecular flexibility index (Phi) is 8.14. The molecule has 0 heterocycles. The number of nitrogens with one attached hydrogen (secondary N) is 2. The van der Waals surface area contributed by atoms with E-state index in [9.17, 15) is 9.59 Å². The van der Waals surface area contributed by atoms with E-state index in [4.69, 9.17) is 14.2 Å². The van der Waals surface area contributed by atoms with Crippen LogP contribution in [0.1, 0.15) is 18.9 Å². The average Bonchev–Trinajstić information content (AvgIpc) is 2.71. The van der Waals surface area contributed by atoms with Gasteiger partial charge in [-0.05, 0) is 43.2 Å². The zero-order chi connectivity index (χ0) is 20.4. The quantitative estimate of drug-likeness (QED) is 0.656. The van der Waals surface area contributed by atoms with Crippen LogP contribution >= 0.6 is 0 Å². The molecule has 0 fully saturated rings. The molecule has 7 nitrogen and oxygen atoms in total. The van der Waals surface area contributed by atoms with Gasteiger partial charge in [0.25, 0.3) is 5.91 Å². The van der Waals surface area contributed by atoms with Crippen LogP contribution in [0, 0.1) is 0 Å². The Bertz CT molecular complexity index is 785. The van der Waals surface area contributed by atoms with E-state index in [-0.39, 0.29) is 18.4 Å². The lowest BCUT2D eigenvalue weighted by atomic mass is 10.1. The molecule has 2 aromatic rings. The molecule has 0 unspecified atom stereocenters. The molecule has 2 aromatic carbocycles. The van der Waals surface area contributed by atoms with Gasteiger partial charge in [0.2, 0.25) is 5.91 Å². The third-order valence-corrected chi connectivity index (χ3v) is 3.91. The highest BCUT2D eigenvalue weighted by atomic mass is 16.5. The van der Waals surface area contributed by atoms with Crippen molar-refractivity contribution in [3.63, 3.8) is 0 Å². The second-order valence-corrected chi connectivity index (χ2v) is 6.04. The van der Waals surface area contributed by atoms with E-state index in [2.05, 4.69) is 10.6 Å². The zero-order valence-corrected chi connectivity index (χ0v) is 16.4. The maximum atomic E-state index is 12.3. The van der Waals surface area contributed by atoms with Gasteiger partial charge in [-0.25, -0.2) is 0 Å². The number of carbonyl (C=O) groups is 2. The highest BCUT2D eigenvalue weighted by molar-refractivity contribution is 5.91. The first-order valence-corrected chi connectivity index (χ1v) is 9.05. The van der Waals surface area contributed by atoms with Gasteiger partial charge in [0.15, 0.2) is 6.61 Å². The molecule has 0 spiro atoms. The highest BCUT2D eigenvalue weighted by Crippen LogP contribution is 2.23. The summed E-state index contributed by atoms with van der Waals surface area (Å²) < 4.78 is 15.9. The van der Waals surface area contributed by atoms with Crippen molar-refractivity contribution in [1.29, 1.82) is 0 Å². The van der Waals surface area contributed by atoms with Crippen molar-refractivity contribution < 1.29 is 23.8 Å². The fraction of sp³-hybridized carbons (Fsp3) is 0.333. The molecule has 7 heteroatoms. The van der Waals surface area contributed by atoms with Crippen molar-refractivity contribution in [1.82, 2.24) is 5.32 Å². The Balaban J connectivity index is 1.89. The Morgan fingerprint density at radius 1 is 0.929 bits per heavy atom. The Hall–Kier alpha value is -3.22. The number of ether oxygens (including phenoxy) is 3. The van der Waals surface area contributed by atoms with E-state index in [1.165, 1.54) is 0 Å². The van der Waals surface area contributed by atoms with Crippen molar-refractivity contribution in [2.75, 3.05) is 32.7 Å². The van der Waals surface area contributed by atoms with E-state index in [0.717, 1.165) is 5.56 Å². The van der Waals surface area contributed by atoms with E-state index in [1.807, 2.05) is 19.1 Å². The minimum absolute atomic E-state index is 0.0666. The van der Waals surface area contributed by atoms with E-state index in [1.54, 1.807) is 44.6 Å². The third-order valence-electron chi connectivity index (χ3n) is 3.91. The van der Waals surface area contributed by atoms with Crippen LogP contribution in [0.25, 0.3) is 0 Å². The van der Waals surface area contributed by atoms with Gasteiger partial charge in [-0.3, -0.25) is 9.59 Å². The molecule has 0 saturated heterocycles. The van der Waals surface area contributed by atoms with Crippen LogP contribution in [-0.2, 0) is 16.0 Å². The van der Waals surface area contributed by atoms with Crippen molar-refractivity contribution in [2.45, 2.75) is 19.8 Å². The molecule has 0 aliphatic carbocycles. The SMILES string of the molecule is CCNC(=O)COc1cccc(NC(=O)CCc2cc(OC)cc(OC)c2)c1.